The molecule has 1 N–H and O–H groups in total. The number of dihydropyridines is 1. The number of allylic oxidation sites excluding steroid dienone is 4. The zero-order chi connectivity index (χ0) is 27.2. The van der Waals surface area contributed by atoms with Crippen molar-refractivity contribution >= 4 is 12.1 Å². The van der Waals surface area contributed by atoms with E-state index in [1.807, 2.05) is 20.1 Å². The van der Waals surface area contributed by atoms with Crippen molar-refractivity contribution in [2.24, 2.45) is 5.41 Å². The minimum atomic E-state index is -0.507. The van der Waals surface area contributed by atoms with Crippen molar-refractivity contribution in [3.63, 3.8) is 0 Å². The summed E-state index contributed by atoms with van der Waals surface area (Å²) in [4.78, 5) is 25.2. The average Bonchev–Trinajstić information content (AvgIpc) is 3.15. The van der Waals surface area contributed by atoms with Gasteiger partial charge in [-0.2, -0.15) is 0 Å². The lowest BCUT2D eigenvalue weighted by atomic mass is 9.68. The van der Waals surface area contributed by atoms with E-state index >= 15 is 0 Å². The summed E-state index contributed by atoms with van der Waals surface area (Å²) in [6.07, 6.45) is 10.7. The highest BCUT2D eigenvalue weighted by molar-refractivity contribution is 6.02. The highest BCUT2D eigenvalue weighted by Crippen LogP contribution is 2.51. The quantitative estimate of drug-likeness (QED) is 0.376. The number of nitrogens with one attached hydrogen (secondary N) is 1. The first-order chi connectivity index (χ1) is 17.7. The number of carbonyl (C=O) groups is 2. The number of methoxy groups -OCH3 is 4. The summed E-state index contributed by atoms with van der Waals surface area (Å²) < 4.78 is 21.8. The second kappa shape index (κ2) is 12.6. The monoisotopic (exact) mass is 513 g/mol. The van der Waals surface area contributed by atoms with Crippen LogP contribution in [-0.2, 0) is 14.3 Å². The van der Waals surface area contributed by atoms with Crippen LogP contribution in [0.25, 0.3) is 0 Å². The normalized spacial score (nSPS) is 21.7. The van der Waals surface area contributed by atoms with Crippen molar-refractivity contribution < 1.29 is 28.5 Å². The third kappa shape index (κ3) is 6.38. The van der Waals surface area contributed by atoms with Gasteiger partial charge in [-0.25, -0.2) is 0 Å². The molecule has 1 unspecified atom stereocenters. The molecule has 7 nitrogen and oxygen atoms in total. The van der Waals surface area contributed by atoms with Crippen LogP contribution in [0.15, 0.2) is 34.7 Å². The highest BCUT2D eigenvalue weighted by Gasteiger charge is 2.42. The molecule has 1 aromatic carbocycles. The zero-order valence-corrected chi connectivity index (χ0v) is 23.5. The number of aldehydes is 1. The Hall–Kier alpha value is -2.80. The minimum absolute atomic E-state index is 0.0486. The molecule has 0 saturated heterocycles. The van der Waals surface area contributed by atoms with Crippen LogP contribution in [0.3, 0.4) is 0 Å². The number of ether oxygens (including phenoxy) is 4. The van der Waals surface area contributed by atoms with Gasteiger partial charge >= 0.3 is 0 Å². The maximum absolute atomic E-state index is 13.1. The molecule has 37 heavy (non-hydrogen) atoms. The summed E-state index contributed by atoms with van der Waals surface area (Å²) >= 11 is 0. The maximum atomic E-state index is 13.1. The molecule has 1 atom stereocenters. The van der Waals surface area contributed by atoms with Crippen molar-refractivity contribution in [1.82, 2.24) is 5.32 Å². The van der Waals surface area contributed by atoms with E-state index in [4.69, 9.17) is 18.9 Å². The Bertz CT molecular complexity index is 1050. The largest absolute Gasteiger partial charge is 0.493 e. The van der Waals surface area contributed by atoms with E-state index in [-0.39, 0.29) is 11.2 Å². The van der Waals surface area contributed by atoms with Crippen molar-refractivity contribution in [2.45, 2.75) is 84.2 Å². The lowest BCUT2D eigenvalue weighted by molar-refractivity contribution is -0.118. The van der Waals surface area contributed by atoms with Crippen LogP contribution in [0.2, 0.25) is 0 Å². The first-order valence-corrected chi connectivity index (χ1v) is 13.2. The van der Waals surface area contributed by atoms with E-state index in [0.717, 1.165) is 24.1 Å². The van der Waals surface area contributed by atoms with E-state index in [2.05, 4.69) is 19.2 Å². The highest BCUT2D eigenvalue weighted by atomic mass is 16.5. The molecule has 0 radical (unpaired) electrons. The topological polar surface area (TPSA) is 83.1 Å². The average molecular weight is 514 g/mol. The molecule has 1 heterocycles. The number of ketones is 1. The molecule has 2 aliphatic carbocycles. The van der Waals surface area contributed by atoms with Gasteiger partial charge in [-0.15, -0.1) is 0 Å². The molecule has 7 heteroatoms. The first-order valence-electron chi connectivity index (χ1n) is 13.2. The Labute approximate surface area is 221 Å². The summed E-state index contributed by atoms with van der Waals surface area (Å²) in [6.45, 7) is 6.02. The smallest absolute Gasteiger partial charge is 0.203 e. The molecule has 1 aromatic rings. The Balaban J connectivity index is 0.000000356. The van der Waals surface area contributed by atoms with Gasteiger partial charge in [0.05, 0.1) is 27.4 Å². The molecule has 204 valence electrons. The molecule has 4 rings (SSSR count). The van der Waals surface area contributed by atoms with E-state index < -0.39 is 5.92 Å². The van der Waals surface area contributed by atoms with Crippen molar-refractivity contribution in [3.05, 3.63) is 40.2 Å². The third-order valence-electron chi connectivity index (χ3n) is 7.60. The molecule has 3 aliphatic rings. The fourth-order valence-corrected chi connectivity index (χ4v) is 5.76. The minimum Gasteiger partial charge on any atom is -0.493 e. The molecule has 1 fully saturated rings. The Morgan fingerprint density at radius 2 is 1.57 bits per heavy atom. The van der Waals surface area contributed by atoms with Gasteiger partial charge in [0, 0.05) is 47.6 Å². The number of hydrogen-bond acceptors (Lipinski definition) is 7. The molecule has 0 aromatic heterocycles. The van der Waals surface area contributed by atoms with Crippen molar-refractivity contribution in [2.75, 3.05) is 28.4 Å². The summed E-state index contributed by atoms with van der Waals surface area (Å²) in [5, 5.41) is 3.30. The number of rotatable bonds is 6. The van der Waals surface area contributed by atoms with E-state index in [1.54, 1.807) is 20.3 Å². The van der Waals surface area contributed by atoms with Gasteiger partial charge in [0.15, 0.2) is 17.3 Å². The molecule has 1 saturated carbocycles. The fourth-order valence-electron chi connectivity index (χ4n) is 5.76. The molecule has 1 aliphatic heterocycles. The third-order valence-corrected chi connectivity index (χ3v) is 7.60. The number of Topliss-reactive ketones (excluding diaryl/α,β-unsaturated/α-hetero) is 1. The van der Waals surface area contributed by atoms with Gasteiger partial charge in [0.2, 0.25) is 5.75 Å². The predicted molar refractivity (Wildman–Crippen MR) is 144 cm³/mol. The number of carbonyl (C=O) groups excluding carboxylic acids is 2. The van der Waals surface area contributed by atoms with Gasteiger partial charge in [-0.1, -0.05) is 45.6 Å². The Morgan fingerprint density at radius 3 is 2.11 bits per heavy atom. The van der Waals surface area contributed by atoms with Gasteiger partial charge in [0.25, 0.3) is 0 Å². The molecule has 0 bridgehead atoms. The molecular formula is C30H43NO6. The van der Waals surface area contributed by atoms with Gasteiger partial charge in [-0.05, 0) is 37.7 Å². The number of benzene rings is 1. The maximum Gasteiger partial charge on any atom is 0.203 e. The lowest BCUT2D eigenvalue weighted by Crippen LogP contribution is -2.37. The van der Waals surface area contributed by atoms with Crippen LogP contribution in [0.1, 0.15) is 83.6 Å². The fraction of sp³-hybridized carbons (Fsp3) is 0.600. The Kier molecular flexibility index (Phi) is 9.82. The summed E-state index contributed by atoms with van der Waals surface area (Å²) in [7, 11) is 6.46. The van der Waals surface area contributed by atoms with Crippen LogP contribution in [0, 0.1) is 5.41 Å². The number of hydrogen-bond donors (Lipinski definition) is 1. The zero-order valence-electron chi connectivity index (χ0n) is 23.5. The van der Waals surface area contributed by atoms with E-state index in [9.17, 15) is 9.59 Å². The van der Waals surface area contributed by atoms with Gasteiger partial charge in [-0.3, -0.25) is 9.59 Å². The summed E-state index contributed by atoms with van der Waals surface area (Å²) in [5.74, 6) is 0.968. The van der Waals surface area contributed by atoms with E-state index in [0.29, 0.717) is 46.5 Å². The van der Waals surface area contributed by atoms with Gasteiger partial charge < -0.3 is 24.3 Å². The second-order valence-electron chi connectivity index (χ2n) is 10.9. The predicted octanol–water partition coefficient (Wildman–Crippen LogP) is 5.87. The summed E-state index contributed by atoms with van der Waals surface area (Å²) in [5.41, 5.74) is 3.37. The molecular weight excluding hydrogens is 470 g/mol. The van der Waals surface area contributed by atoms with Crippen molar-refractivity contribution in [1.29, 1.82) is 0 Å². The molecule has 0 amide bonds. The first kappa shape index (κ1) is 28.8. The van der Waals surface area contributed by atoms with Crippen LogP contribution < -0.4 is 19.5 Å². The standard InChI is InChI=1S/C22H27NO5.C8H16O/c1-12-14(11-24)18(19-15(23-12)9-22(2,3)10-16(19)25)13-7-8-17(26-4)21(28-6)20(13)27-5;1-9-8-6-4-2-3-5-7-8/h7-8,11,18,23H,9-10H2,1-6H3;8H,2-7H2,1H3. The van der Waals surface area contributed by atoms with Gasteiger partial charge in [0.1, 0.15) is 6.29 Å². The Morgan fingerprint density at radius 1 is 0.919 bits per heavy atom. The van der Waals surface area contributed by atoms with Crippen LogP contribution in [0.5, 0.6) is 17.2 Å². The SMILES string of the molecule is COC1CCCCCC1.COc1ccc(C2C(C=O)=C(C)NC3=C2C(=O)CC(C)(C)C3)c(OC)c1OC. The van der Waals surface area contributed by atoms with Crippen molar-refractivity contribution in [3.8, 4) is 17.2 Å². The second-order valence-corrected chi connectivity index (χ2v) is 10.9. The van der Waals surface area contributed by atoms with Crippen LogP contribution in [-0.4, -0.2) is 46.6 Å². The lowest BCUT2D eigenvalue weighted by Gasteiger charge is -2.39. The molecule has 0 spiro atoms. The summed E-state index contributed by atoms with van der Waals surface area (Å²) in [6, 6.07) is 3.61. The van der Waals surface area contributed by atoms with Crippen LogP contribution in [0.4, 0.5) is 0 Å². The van der Waals surface area contributed by atoms with E-state index in [1.165, 1.54) is 45.6 Å². The van der Waals surface area contributed by atoms with Crippen LogP contribution >= 0.6 is 0 Å².